The SMILES string of the molecule is Cc1cn(-c2ccc(Cc3cc(C(F)F)cn([C@@H](CO)c4cc(F)c(C)c(F)c4)c3=O)cc2C)cn1. The number of benzene rings is 2. The minimum absolute atomic E-state index is 0.0339. The molecule has 0 radical (unpaired) electrons. The molecule has 2 aromatic carbocycles. The first-order chi connectivity index (χ1) is 17.1. The molecule has 0 saturated heterocycles. The molecule has 2 aromatic heterocycles. The molecule has 0 fully saturated rings. The molecule has 9 heteroatoms. The molecule has 2 heterocycles. The highest BCUT2D eigenvalue weighted by molar-refractivity contribution is 5.44. The van der Waals surface area contributed by atoms with Crippen molar-refractivity contribution in [2.75, 3.05) is 6.61 Å². The maximum Gasteiger partial charge on any atom is 0.265 e. The van der Waals surface area contributed by atoms with Crippen molar-refractivity contribution in [3.63, 3.8) is 0 Å². The van der Waals surface area contributed by atoms with Crippen LogP contribution in [0.15, 0.2) is 59.9 Å². The first-order valence-electron chi connectivity index (χ1n) is 11.3. The Kier molecular flexibility index (Phi) is 7.12. The number of rotatable bonds is 7. The van der Waals surface area contributed by atoms with Crippen LogP contribution < -0.4 is 5.56 Å². The summed E-state index contributed by atoms with van der Waals surface area (Å²) in [6.45, 7) is 4.31. The van der Waals surface area contributed by atoms with Gasteiger partial charge in [-0.05, 0) is 61.7 Å². The fourth-order valence-electron chi connectivity index (χ4n) is 4.26. The van der Waals surface area contributed by atoms with Crippen LogP contribution in [0.25, 0.3) is 5.69 Å². The highest BCUT2D eigenvalue weighted by Crippen LogP contribution is 2.26. The first kappa shape index (κ1) is 25.4. The number of aromatic nitrogens is 3. The molecule has 36 heavy (non-hydrogen) atoms. The van der Waals surface area contributed by atoms with Crippen molar-refractivity contribution < 1.29 is 22.7 Å². The number of aryl methyl sites for hydroxylation is 2. The molecule has 4 aromatic rings. The highest BCUT2D eigenvalue weighted by Gasteiger charge is 2.22. The van der Waals surface area contributed by atoms with E-state index in [9.17, 15) is 27.5 Å². The maximum absolute atomic E-state index is 14.2. The molecule has 0 aliphatic carbocycles. The molecule has 0 amide bonds. The van der Waals surface area contributed by atoms with Gasteiger partial charge in [0, 0.05) is 41.2 Å². The summed E-state index contributed by atoms with van der Waals surface area (Å²) in [4.78, 5) is 17.6. The Morgan fingerprint density at radius 1 is 0.972 bits per heavy atom. The molecule has 5 nitrogen and oxygen atoms in total. The van der Waals surface area contributed by atoms with E-state index in [1.54, 1.807) is 12.4 Å². The summed E-state index contributed by atoms with van der Waals surface area (Å²) < 4.78 is 58.7. The number of hydrogen-bond donors (Lipinski definition) is 1. The minimum Gasteiger partial charge on any atom is -0.394 e. The van der Waals surface area contributed by atoms with E-state index in [4.69, 9.17) is 0 Å². The van der Waals surface area contributed by atoms with Gasteiger partial charge in [-0.2, -0.15) is 0 Å². The number of imidazole rings is 1. The zero-order valence-electron chi connectivity index (χ0n) is 20.0. The van der Waals surface area contributed by atoms with E-state index in [0.29, 0.717) is 0 Å². The average molecular weight is 500 g/mol. The molecule has 1 atom stereocenters. The number of aliphatic hydroxyl groups is 1. The largest absolute Gasteiger partial charge is 0.394 e. The summed E-state index contributed by atoms with van der Waals surface area (Å²) >= 11 is 0. The zero-order valence-corrected chi connectivity index (χ0v) is 20.0. The molecule has 0 saturated carbocycles. The van der Waals surface area contributed by atoms with Gasteiger partial charge in [-0.1, -0.05) is 12.1 Å². The van der Waals surface area contributed by atoms with E-state index in [-0.39, 0.29) is 23.1 Å². The summed E-state index contributed by atoms with van der Waals surface area (Å²) in [6, 6.07) is 7.41. The Balaban J connectivity index is 1.76. The number of nitrogens with zero attached hydrogens (tertiary/aromatic N) is 3. The number of alkyl halides is 2. The van der Waals surface area contributed by atoms with Crippen molar-refractivity contribution in [2.45, 2.75) is 39.7 Å². The van der Waals surface area contributed by atoms with Crippen molar-refractivity contribution in [3.8, 4) is 5.69 Å². The summed E-state index contributed by atoms with van der Waals surface area (Å²) in [6.07, 6.45) is 1.66. The fourth-order valence-corrected chi connectivity index (χ4v) is 4.26. The Morgan fingerprint density at radius 2 is 1.67 bits per heavy atom. The lowest BCUT2D eigenvalue weighted by Crippen LogP contribution is -2.30. The quantitative estimate of drug-likeness (QED) is 0.349. The number of hydrogen-bond acceptors (Lipinski definition) is 3. The zero-order chi connectivity index (χ0) is 26.1. The average Bonchev–Trinajstić information content (AvgIpc) is 3.25. The van der Waals surface area contributed by atoms with Crippen LogP contribution in [-0.2, 0) is 6.42 Å². The van der Waals surface area contributed by atoms with E-state index < -0.39 is 41.8 Å². The topological polar surface area (TPSA) is 60.0 Å². The summed E-state index contributed by atoms with van der Waals surface area (Å²) in [5, 5.41) is 10.00. The van der Waals surface area contributed by atoms with E-state index in [1.165, 1.54) is 6.92 Å². The highest BCUT2D eigenvalue weighted by atomic mass is 19.3. The van der Waals surface area contributed by atoms with Gasteiger partial charge in [0.1, 0.15) is 11.6 Å². The van der Waals surface area contributed by atoms with Gasteiger partial charge in [0.15, 0.2) is 0 Å². The van der Waals surface area contributed by atoms with Crippen LogP contribution in [0.1, 0.15) is 51.5 Å². The Morgan fingerprint density at radius 3 is 2.22 bits per heavy atom. The monoisotopic (exact) mass is 499 g/mol. The van der Waals surface area contributed by atoms with E-state index >= 15 is 0 Å². The molecule has 0 unspecified atom stereocenters. The van der Waals surface area contributed by atoms with Gasteiger partial charge >= 0.3 is 0 Å². The summed E-state index contributed by atoms with van der Waals surface area (Å²) in [5.74, 6) is -1.71. The second kappa shape index (κ2) is 10.1. The maximum atomic E-state index is 14.2. The van der Waals surface area contributed by atoms with Crippen molar-refractivity contribution >= 4 is 0 Å². The Bertz CT molecular complexity index is 1450. The van der Waals surface area contributed by atoms with Gasteiger partial charge in [-0.3, -0.25) is 4.79 Å². The van der Waals surface area contributed by atoms with Crippen LogP contribution in [-0.4, -0.2) is 25.8 Å². The second-order valence-electron chi connectivity index (χ2n) is 8.84. The number of aliphatic hydroxyl groups excluding tert-OH is 1. The molecule has 188 valence electrons. The number of pyridine rings is 1. The van der Waals surface area contributed by atoms with Gasteiger partial charge in [0.05, 0.1) is 24.7 Å². The van der Waals surface area contributed by atoms with E-state index in [0.717, 1.165) is 51.5 Å². The van der Waals surface area contributed by atoms with Crippen molar-refractivity contribution in [1.29, 1.82) is 0 Å². The van der Waals surface area contributed by atoms with Crippen molar-refractivity contribution in [3.05, 3.63) is 116 Å². The molecule has 0 aliphatic rings. The van der Waals surface area contributed by atoms with Gasteiger partial charge in [-0.15, -0.1) is 0 Å². The van der Waals surface area contributed by atoms with Gasteiger partial charge in [-0.25, -0.2) is 22.5 Å². The Labute approximate surface area is 205 Å². The van der Waals surface area contributed by atoms with Crippen LogP contribution in [0.2, 0.25) is 0 Å². The predicted octanol–water partition coefficient (Wildman–Crippen LogP) is 5.35. The van der Waals surface area contributed by atoms with Crippen LogP contribution in [0.3, 0.4) is 0 Å². The molecular formula is C27H25F4N3O2. The predicted molar refractivity (Wildman–Crippen MR) is 128 cm³/mol. The second-order valence-corrected chi connectivity index (χ2v) is 8.84. The van der Waals surface area contributed by atoms with Crippen LogP contribution in [0.5, 0.6) is 0 Å². The lowest BCUT2D eigenvalue weighted by Gasteiger charge is -2.21. The van der Waals surface area contributed by atoms with E-state index in [1.807, 2.05) is 36.7 Å². The number of halogens is 4. The standard InChI is InChI=1S/C27H25F4N3O2/c1-15-6-18(4-5-24(15)33-11-16(2)32-14-33)7-20-8-21(26(30)31)12-34(27(20)36)25(13-35)19-9-22(28)17(3)23(29)10-19/h4-6,8-12,14,25-26,35H,7,13H2,1-3H3/t25-/m0/s1. The van der Waals surface area contributed by atoms with Gasteiger partial charge in [0.2, 0.25) is 0 Å². The minimum atomic E-state index is -2.89. The lowest BCUT2D eigenvalue weighted by atomic mass is 10.0. The molecule has 1 N–H and O–H groups in total. The molecule has 0 bridgehead atoms. The lowest BCUT2D eigenvalue weighted by molar-refractivity contribution is 0.149. The third-order valence-electron chi connectivity index (χ3n) is 6.23. The normalized spacial score (nSPS) is 12.4. The van der Waals surface area contributed by atoms with Gasteiger partial charge < -0.3 is 14.2 Å². The molecule has 4 rings (SSSR count). The third-order valence-corrected chi connectivity index (χ3v) is 6.23. The van der Waals surface area contributed by atoms with Gasteiger partial charge in [0.25, 0.3) is 12.0 Å². The summed E-state index contributed by atoms with van der Waals surface area (Å²) in [7, 11) is 0. The van der Waals surface area contributed by atoms with E-state index in [2.05, 4.69) is 4.98 Å². The van der Waals surface area contributed by atoms with Crippen molar-refractivity contribution in [2.24, 2.45) is 0 Å². The Hall–Kier alpha value is -3.72. The van der Waals surface area contributed by atoms with Crippen LogP contribution >= 0.6 is 0 Å². The fraction of sp³-hybridized carbons (Fsp3) is 0.259. The van der Waals surface area contributed by atoms with Crippen LogP contribution in [0, 0.1) is 32.4 Å². The smallest absolute Gasteiger partial charge is 0.265 e. The van der Waals surface area contributed by atoms with Crippen molar-refractivity contribution in [1.82, 2.24) is 14.1 Å². The van der Waals surface area contributed by atoms with Crippen LogP contribution in [0.4, 0.5) is 17.6 Å². The third kappa shape index (κ3) is 4.97. The first-order valence-corrected chi connectivity index (χ1v) is 11.3. The molecule has 0 spiro atoms. The summed E-state index contributed by atoms with van der Waals surface area (Å²) in [5.41, 5.74) is 2.12. The molecule has 0 aliphatic heterocycles. The molecular weight excluding hydrogens is 474 g/mol.